The molecule has 0 aromatic heterocycles. The van der Waals surface area contributed by atoms with Gasteiger partial charge in [0.15, 0.2) is 0 Å². The molecule has 1 amide bonds. The van der Waals surface area contributed by atoms with Gasteiger partial charge in [0.25, 0.3) is 5.91 Å². The molecule has 1 saturated heterocycles. The van der Waals surface area contributed by atoms with Gasteiger partial charge in [-0.3, -0.25) is 4.79 Å². The second-order valence-corrected chi connectivity index (χ2v) is 7.00. The monoisotopic (exact) mass is 361 g/mol. The number of benzene rings is 2. The van der Waals surface area contributed by atoms with Crippen LogP contribution in [0.5, 0.6) is 5.75 Å². The summed E-state index contributed by atoms with van der Waals surface area (Å²) in [5.74, 6) is 0.604. The van der Waals surface area contributed by atoms with Crippen molar-refractivity contribution in [3.8, 4) is 5.75 Å². The number of ether oxygens (including phenoxy) is 1. The summed E-state index contributed by atoms with van der Waals surface area (Å²) in [4.78, 5) is 12.2. The molecule has 0 spiro atoms. The van der Waals surface area contributed by atoms with Crippen LogP contribution in [0.1, 0.15) is 11.1 Å². The molecule has 0 bridgehead atoms. The number of rotatable bonds is 4. The number of amides is 1. The average Bonchev–Trinajstić information content (AvgIpc) is 2.84. The van der Waals surface area contributed by atoms with E-state index < -0.39 is 0 Å². The maximum atomic E-state index is 11.6. The molecule has 1 fully saturated rings. The topological polar surface area (TPSA) is 38.3 Å². The Balaban J connectivity index is 1.64. The predicted octanol–water partition coefficient (Wildman–Crippen LogP) is 4.41. The van der Waals surface area contributed by atoms with Gasteiger partial charge < -0.3 is 10.1 Å². The largest absolute Gasteiger partial charge is 0.489 e. The number of hydrogen-bond acceptors (Lipinski definition) is 4. The zero-order valence-electron chi connectivity index (χ0n) is 11.9. The van der Waals surface area contributed by atoms with E-state index in [-0.39, 0.29) is 5.91 Å². The molecule has 0 radical (unpaired) electrons. The van der Waals surface area contributed by atoms with Crippen LogP contribution < -0.4 is 10.1 Å². The summed E-state index contributed by atoms with van der Waals surface area (Å²) in [5.41, 5.74) is 1.93. The van der Waals surface area contributed by atoms with E-state index in [1.165, 1.54) is 11.8 Å². The van der Waals surface area contributed by atoms with Gasteiger partial charge in [-0.25, -0.2) is 0 Å². The van der Waals surface area contributed by atoms with Crippen molar-refractivity contribution in [3.63, 3.8) is 0 Å². The summed E-state index contributed by atoms with van der Waals surface area (Å²) < 4.78 is 6.21. The molecule has 0 aliphatic carbocycles. The highest BCUT2D eigenvalue weighted by Gasteiger charge is 2.21. The molecule has 3 nitrogen and oxygen atoms in total. The number of thiocarbonyl (C=S) groups is 1. The molecule has 1 heterocycles. The lowest BCUT2D eigenvalue weighted by Crippen LogP contribution is -2.17. The van der Waals surface area contributed by atoms with Gasteiger partial charge in [-0.1, -0.05) is 59.8 Å². The number of thioether (sulfide) groups is 1. The van der Waals surface area contributed by atoms with E-state index in [9.17, 15) is 4.79 Å². The van der Waals surface area contributed by atoms with Crippen LogP contribution in [0.3, 0.4) is 0 Å². The standard InChI is InChI=1S/C17H12ClNO2S2/c18-13-3-1-2-12(8-13)10-21-14-6-4-11(5-7-14)9-15-16(20)19-17(22)23-15/h1-9H,10H2,(H,19,20,22)/b15-9-. The van der Waals surface area contributed by atoms with Crippen molar-refractivity contribution < 1.29 is 9.53 Å². The summed E-state index contributed by atoms with van der Waals surface area (Å²) in [6, 6.07) is 15.1. The summed E-state index contributed by atoms with van der Waals surface area (Å²) >= 11 is 12.2. The number of carbonyl (C=O) groups is 1. The Morgan fingerprint density at radius 1 is 1.22 bits per heavy atom. The minimum absolute atomic E-state index is 0.152. The number of hydrogen-bond donors (Lipinski definition) is 1. The lowest BCUT2D eigenvalue weighted by molar-refractivity contribution is -0.115. The predicted molar refractivity (Wildman–Crippen MR) is 98.5 cm³/mol. The van der Waals surface area contributed by atoms with Crippen molar-refractivity contribution in [2.75, 3.05) is 0 Å². The highest BCUT2D eigenvalue weighted by atomic mass is 35.5. The Morgan fingerprint density at radius 2 is 2.00 bits per heavy atom. The third-order valence-electron chi connectivity index (χ3n) is 3.11. The fraction of sp³-hybridized carbons (Fsp3) is 0.0588. The lowest BCUT2D eigenvalue weighted by atomic mass is 10.2. The maximum Gasteiger partial charge on any atom is 0.263 e. The van der Waals surface area contributed by atoms with Gasteiger partial charge in [-0.15, -0.1) is 0 Å². The van der Waals surface area contributed by atoms with Crippen molar-refractivity contribution in [3.05, 3.63) is 69.6 Å². The normalized spacial score (nSPS) is 15.8. The Labute approximate surface area is 148 Å². The van der Waals surface area contributed by atoms with Crippen LogP contribution in [0, 0.1) is 0 Å². The van der Waals surface area contributed by atoms with Crippen molar-refractivity contribution >= 4 is 51.9 Å². The fourth-order valence-corrected chi connectivity index (χ4v) is 3.28. The molecule has 0 saturated carbocycles. The van der Waals surface area contributed by atoms with Crippen molar-refractivity contribution in [1.82, 2.24) is 5.32 Å². The van der Waals surface area contributed by atoms with E-state index >= 15 is 0 Å². The molecular formula is C17H12ClNO2S2. The summed E-state index contributed by atoms with van der Waals surface area (Å²) in [6.07, 6.45) is 1.81. The Kier molecular flexibility index (Phi) is 5.00. The molecule has 2 aromatic rings. The third kappa shape index (κ3) is 4.34. The van der Waals surface area contributed by atoms with Gasteiger partial charge in [0.05, 0.1) is 4.91 Å². The smallest absolute Gasteiger partial charge is 0.263 e. The van der Waals surface area contributed by atoms with Crippen LogP contribution in [0.2, 0.25) is 5.02 Å². The van der Waals surface area contributed by atoms with Crippen molar-refractivity contribution in [2.24, 2.45) is 0 Å². The zero-order valence-corrected chi connectivity index (χ0v) is 14.3. The van der Waals surface area contributed by atoms with E-state index in [1.54, 1.807) is 6.08 Å². The van der Waals surface area contributed by atoms with Gasteiger partial charge in [0.2, 0.25) is 0 Å². The minimum Gasteiger partial charge on any atom is -0.489 e. The molecule has 1 aliphatic heterocycles. The quantitative estimate of drug-likeness (QED) is 0.646. The third-order valence-corrected chi connectivity index (χ3v) is 4.51. The van der Waals surface area contributed by atoms with E-state index in [4.69, 9.17) is 28.6 Å². The van der Waals surface area contributed by atoms with E-state index in [0.29, 0.717) is 20.9 Å². The summed E-state index contributed by atoms with van der Waals surface area (Å²) in [7, 11) is 0. The molecule has 1 aliphatic rings. The lowest BCUT2D eigenvalue weighted by Gasteiger charge is -2.07. The Bertz CT molecular complexity index is 787. The second-order valence-electron chi connectivity index (χ2n) is 4.84. The van der Waals surface area contributed by atoms with Crippen molar-refractivity contribution in [1.29, 1.82) is 0 Å². The Morgan fingerprint density at radius 3 is 2.65 bits per heavy atom. The first-order chi connectivity index (χ1) is 11.1. The van der Waals surface area contributed by atoms with Crippen LogP contribution >= 0.6 is 35.6 Å². The number of halogens is 1. The van der Waals surface area contributed by atoms with Gasteiger partial charge in [0.1, 0.15) is 16.7 Å². The molecule has 0 unspecified atom stereocenters. The first kappa shape index (κ1) is 16.1. The van der Waals surface area contributed by atoms with Crippen molar-refractivity contribution in [2.45, 2.75) is 6.61 Å². The SMILES string of the molecule is O=C1NC(=S)S/C1=C\c1ccc(OCc2cccc(Cl)c2)cc1. The number of carbonyl (C=O) groups excluding carboxylic acids is 1. The van der Waals surface area contributed by atoms with E-state index in [2.05, 4.69) is 5.32 Å². The van der Waals surface area contributed by atoms with Crippen LogP contribution in [0.4, 0.5) is 0 Å². The highest BCUT2D eigenvalue weighted by Crippen LogP contribution is 2.26. The maximum absolute atomic E-state index is 11.6. The van der Waals surface area contributed by atoms with Crippen LogP contribution in [0.15, 0.2) is 53.4 Å². The van der Waals surface area contributed by atoms with Gasteiger partial charge >= 0.3 is 0 Å². The Hall–Kier alpha value is -1.82. The number of nitrogens with one attached hydrogen (secondary N) is 1. The molecule has 2 aromatic carbocycles. The first-order valence-electron chi connectivity index (χ1n) is 6.82. The van der Waals surface area contributed by atoms with E-state index in [0.717, 1.165) is 16.9 Å². The molecule has 1 N–H and O–H groups in total. The molecular weight excluding hydrogens is 350 g/mol. The molecule has 6 heteroatoms. The molecule has 0 atom stereocenters. The van der Waals surface area contributed by atoms with Gasteiger partial charge in [-0.2, -0.15) is 0 Å². The van der Waals surface area contributed by atoms with Gasteiger partial charge in [0, 0.05) is 5.02 Å². The van der Waals surface area contributed by atoms with Crippen LogP contribution in [-0.2, 0) is 11.4 Å². The first-order valence-corrected chi connectivity index (χ1v) is 8.42. The average molecular weight is 362 g/mol. The van der Waals surface area contributed by atoms with E-state index in [1.807, 2.05) is 48.5 Å². The molecule has 23 heavy (non-hydrogen) atoms. The zero-order chi connectivity index (χ0) is 16.2. The molecule has 3 rings (SSSR count). The van der Waals surface area contributed by atoms with Crippen LogP contribution in [-0.4, -0.2) is 10.2 Å². The summed E-state index contributed by atoms with van der Waals surface area (Å²) in [6.45, 7) is 0.452. The summed E-state index contributed by atoms with van der Waals surface area (Å²) in [5, 5.41) is 3.29. The van der Waals surface area contributed by atoms with Crippen LogP contribution in [0.25, 0.3) is 6.08 Å². The minimum atomic E-state index is -0.152. The van der Waals surface area contributed by atoms with Gasteiger partial charge in [-0.05, 0) is 41.5 Å². The second kappa shape index (κ2) is 7.17. The molecule has 116 valence electrons. The fourth-order valence-electron chi connectivity index (χ4n) is 2.03. The highest BCUT2D eigenvalue weighted by molar-refractivity contribution is 8.26.